The molecular formula is C31H29NO4. The lowest BCUT2D eigenvalue weighted by atomic mass is 9.42. The number of hydrogen-bond acceptors (Lipinski definition) is 3. The zero-order chi connectivity index (χ0) is 25.1. The van der Waals surface area contributed by atoms with E-state index in [9.17, 15) is 14.7 Å². The summed E-state index contributed by atoms with van der Waals surface area (Å²) in [5.74, 6) is -0.855. The number of carboxylic acid groups (broad SMARTS) is 1. The molecule has 0 spiro atoms. The van der Waals surface area contributed by atoms with Gasteiger partial charge in [0.2, 0.25) is 0 Å². The van der Waals surface area contributed by atoms with Crippen LogP contribution in [0.1, 0.15) is 41.0 Å². The van der Waals surface area contributed by atoms with E-state index in [1.807, 2.05) is 48.5 Å². The minimum atomic E-state index is -1.06. The highest BCUT2D eigenvalue weighted by molar-refractivity contribution is 6.19. The number of aliphatic carboxylic acids is 1. The van der Waals surface area contributed by atoms with Crippen LogP contribution < -0.4 is 4.74 Å². The number of para-hydroxylation sites is 1. The zero-order valence-corrected chi connectivity index (χ0v) is 20.3. The van der Waals surface area contributed by atoms with Crippen molar-refractivity contribution in [2.24, 2.45) is 11.3 Å². The fourth-order valence-electron chi connectivity index (χ4n) is 7.55. The summed E-state index contributed by atoms with van der Waals surface area (Å²) in [7, 11) is 1.57. The lowest BCUT2D eigenvalue weighted by Crippen LogP contribution is -2.60. The first-order valence-electron chi connectivity index (χ1n) is 12.4. The van der Waals surface area contributed by atoms with Crippen molar-refractivity contribution in [1.82, 2.24) is 4.90 Å². The largest absolute Gasteiger partial charge is 0.496 e. The number of benzene rings is 3. The molecular weight excluding hydrogens is 450 g/mol. The van der Waals surface area contributed by atoms with Gasteiger partial charge in [0.05, 0.1) is 12.5 Å². The van der Waals surface area contributed by atoms with E-state index in [2.05, 4.69) is 30.8 Å². The molecule has 4 aliphatic rings. The van der Waals surface area contributed by atoms with Gasteiger partial charge in [-0.25, -0.2) is 0 Å². The average molecular weight is 480 g/mol. The molecule has 36 heavy (non-hydrogen) atoms. The van der Waals surface area contributed by atoms with Gasteiger partial charge >= 0.3 is 5.97 Å². The van der Waals surface area contributed by atoms with Crippen LogP contribution in [-0.2, 0) is 15.0 Å². The minimum Gasteiger partial charge on any atom is -0.496 e. The quantitative estimate of drug-likeness (QED) is 0.516. The number of carbonyl (C=O) groups excluding carboxylic acids is 1. The van der Waals surface area contributed by atoms with Crippen molar-refractivity contribution in [3.8, 4) is 5.75 Å². The number of nitrogens with zero attached hydrogens (tertiary/aromatic N) is 1. The Morgan fingerprint density at radius 1 is 1.00 bits per heavy atom. The van der Waals surface area contributed by atoms with Crippen LogP contribution in [0.5, 0.6) is 5.75 Å². The van der Waals surface area contributed by atoms with Gasteiger partial charge in [0, 0.05) is 41.5 Å². The fraction of sp³-hybridized carbons (Fsp3) is 0.290. The van der Waals surface area contributed by atoms with Crippen molar-refractivity contribution < 1.29 is 19.4 Å². The van der Waals surface area contributed by atoms with Crippen molar-refractivity contribution in [3.63, 3.8) is 0 Å². The van der Waals surface area contributed by atoms with Gasteiger partial charge in [-0.05, 0) is 35.6 Å². The molecule has 2 bridgehead atoms. The second kappa shape index (κ2) is 8.09. The van der Waals surface area contributed by atoms with Crippen LogP contribution in [0.15, 0.2) is 85.4 Å². The lowest BCUT2D eigenvalue weighted by molar-refractivity contribution is -0.157. The van der Waals surface area contributed by atoms with Crippen LogP contribution in [0.2, 0.25) is 0 Å². The van der Waals surface area contributed by atoms with E-state index in [1.54, 1.807) is 18.1 Å². The molecule has 1 amide bonds. The second-order valence-electron chi connectivity index (χ2n) is 10.3. The predicted molar refractivity (Wildman–Crippen MR) is 138 cm³/mol. The molecule has 2 fully saturated rings. The molecule has 0 aromatic heterocycles. The molecule has 1 aliphatic heterocycles. The topological polar surface area (TPSA) is 66.8 Å². The van der Waals surface area contributed by atoms with Gasteiger partial charge in [-0.3, -0.25) is 9.59 Å². The van der Waals surface area contributed by atoms with Crippen molar-refractivity contribution in [1.29, 1.82) is 0 Å². The molecule has 0 unspecified atom stereocenters. The molecule has 182 valence electrons. The highest BCUT2D eigenvalue weighted by atomic mass is 16.5. The van der Waals surface area contributed by atoms with Crippen molar-refractivity contribution in [2.45, 2.75) is 24.2 Å². The first-order chi connectivity index (χ1) is 17.4. The zero-order valence-electron chi connectivity index (χ0n) is 20.3. The molecule has 0 radical (unpaired) electrons. The number of likely N-dealkylation sites (tertiary alicyclic amines) is 1. The van der Waals surface area contributed by atoms with Crippen LogP contribution in [0.3, 0.4) is 0 Å². The van der Waals surface area contributed by atoms with Crippen molar-refractivity contribution >= 4 is 17.4 Å². The summed E-state index contributed by atoms with van der Waals surface area (Å²) in [6.45, 7) is 4.66. The first kappa shape index (κ1) is 22.6. The standard InChI is InChI=1S/C31H29NO4/c1-20(22-12-7-9-15-26(22)36-2)28(33)32-18-27-30(21-10-4-3-5-11-21)17-16-25(31(27,19-32)29(34)35)23-13-6-8-14-24(23)30/h3-15,25,27H,1,16-19H2,2H3,(H,34,35)/t25-,27-,30-,31-/m1/s1. The maximum atomic E-state index is 13.8. The number of amides is 1. The van der Waals surface area contributed by atoms with Gasteiger partial charge in [-0.2, -0.15) is 0 Å². The van der Waals surface area contributed by atoms with Gasteiger partial charge in [0.15, 0.2) is 0 Å². The van der Waals surface area contributed by atoms with Crippen LogP contribution in [-0.4, -0.2) is 42.1 Å². The van der Waals surface area contributed by atoms with Crippen LogP contribution in [0.25, 0.3) is 5.57 Å². The van der Waals surface area contributed by atoms with Gasteiger partial charge in [-0.1, -0.05) is 79.4 Å². The monoisotopic (exact) mass is 479 g/mol. The van der Waals surface area contributed by atoms with Crippen LogP contribution >= 0.6 is 0 Å². The fourth-order valence-corrected chi connectivity index (χ4v) is 7.55. The molecule has 1 N–H and O–H groups in total. The molecule has 1 saturated heterocycles. The van der Waals surface area contributed by atoms with E-state index in [1.165, 1.54) is 5.56 Å². The number of carbonyl (C=O) groups is 2. The van der Waals surface area contributed by atoms with E-state index in [-0.39, 0.29) is 24.3 Å². The third-order valence-corrected chi connectivity index (χ3v) is 9.00. The molecule has 4 atom stereocenters. The Morgan fingerprint density at radius 3 is 2.44 bits per heavy atom. The Labute approximate surface area is 211 Å². The highest BCUT2D eigenvalue weighted by Gasteiger charge is 2.70. The Balaban J connectivity index is 1.49. The van der Waals surface area contributed by atoms with E-state index >= 15 is 0 Å². The van der Waals surface area contributed by atoms with E-state index < -0.39 is 16.8 Å². The number of fused-ring (bicyclic) bond motifs is 1. The third-order valence-electron chi connectivity index (χ3n) is 9.00. The second-order valence-corrected chi connectivity index (χ2v) is 10.3. The van der Waals surface area contributed by atoms with Crippen molar-refractivity contribution in [3.05, 3.63) is 108 Å². The first-order valence-corrected chi connectivity index (χ1v) is 12.4. The summed E-state index contributed by atoms with van der Waals surface area (Å²) in [6.07, 6.45) is 1.65. The SMILES string of the molecule is C=C(C(=O)N1C[C@@H]2[C@@]3(c4ccccc4)CC[C@H](c4ccccc43)[C@]2(C(=O)O)C1)c1ccccc1OC. The highest BCUT2D eigenvalue weighted by Crippen LogP contribution is 2.69. The van der Waals surface area contributed by atoms with Crippen molar-refractivity contribution in [2.75, 3.05) is 20.2 Å². The molecule has 1 heterocycles. The summed E-state index contributed by atoms with van der Waals surface area (Å²) in [5.41, 5.74) is 2.89. The predicted octanol–water partition coefficient (Wildman–Crippen LogP) is 5.12. The Kier molecular flexibility index (Phi) is 5.08. The summed E-state index contributed by atoms with van der Waals surface area (Å²) >= 11 is 0. The summed E-state index contributed by atoms with van der Waals surface area (Å²) < 4.78 is 5.47. The maximum Gasteiger partial charge on any atom is 0.312 e. The molecule has 5 heteroatoms. The third kappa shape index (κ3) is 2.83. The lowest BCUT2D eigenvalue weighted by Gasteiger charge is -2.59. The Bertz CT molecular complexity index is 1380. The van der Waals surface area contributed by atoms with E-state index in [0.717, 1.165) is 24.0 Å². The number of methoxy groups -OCH3 is 1. The van der Waals surface area contributed by atoms with E-state index in [0.29, 0.717) is 23.4 Å². The molecule has 3 aromatic carbocycles. The Morgan fingerprint density at radius 2 is 1.69 bits per heavy atom. The van der Waals surface area contributed by atoms with E-state index in [4.69, 9.17) is 4.74 Å². The Hall–Kier alpha value is -3.86. The minimum absolute atomic E-state index is 0.140. The van der Waals surface area contributed by atoms with Gasteiger partial charge in [0.1, 0.15) is 5.75 Å². The van der Waals surface area contributed by atoms with Crippen LogP contribution in [0.4, 0.5) is 0 Å². The van der Waals surface area contributed by atoms with Gasteiger partial charge in [-0.15, -0.1) is 0 Å². The molecule has 3 aromatic rings. The molecule has 1 saturated carbocycles. The summed E-state index contributed by atoms with van der Waals surface area (Å²) in [5, 5.41) is 10.9. The summed E-state index contributed by atoms with van der Waals surface area (Å²) in [6, 6.07) is 25.9. The number of ether oxygens (including phenoxy) is 1. The number of rotatable bonds is 5. The van der Waals surface area contributed by atoms with Crippen LogP contribution in [0, 0.1) is 11.3 Å². The molecule has 5 nitrogen and oxygen atoms in total. The summed E-state index contributed by atoms with van der Waals surface area (Å²) in [4.78, 5) is 28.8. The number of hydrogen-bond donors (Lipinski definition) is 1. The molecule has 3 aliphatic carbocycles. The number of carboxylic acids is 1. The average Bonchev–Trinajstić information content (AvgIpc) is 3.37. The van der Waals surface area contributed by atoms with Gasteiger partial charge < -0.3 is 14.7 Å². The normalized spacial score (nSPS) is 27.8. The molecule has 7 rings (SSSR count). The smallest absolute Gasteiger partial charge is 0.312 e. The van der Waals surface area contributed by atoms with Gasteiger partial charge in [0.25, 0.3) is 5.91 Å². The maximum absolute atomic E-state index is 13.8.